The van der Waals surface area contributed by atoms with Crippen molar-refractivity contribution >= 4 is 17.3 Å². The number of carbonyl (C=O) groups is 1. The molecule has 31 heavy (non-hydrogen) atoms. The summed E-state index contributed by atoms with van der Waals surface area (Å²) in [4.78, 5) is 23.6. The number of hydrogen-bond acceptors (Lipinski definition) is 5. The molecule has 2 aromatic carbocycles. The van der Waals surface area contributed by atoms with Gasteiger partial charge in [0.15, 0.2) is 0 Å². The third-order valence-electron chi connectivity index (χ3n) is 5.77. The van der Waals surface area contributed by atoms with E-state index in [9.17, 15) is 4.79 Å². The lowest BCUT2D eigenvalue weighted by molar-refractivity contribution is 0.100. The zero-order valence-corrected chi connectivity index (χ0v) is 17.7. The van der Waals surface area contributed by atoms with Gasteiger partial charge in [-0.2, -0.15) is 0 Å². The molecule has 0 atom stereocenters. The largest absolute Gasteiger partial charge is 0.369 e. The summed E-state index contributed by atoms with van der Waals surface area (Å²) < 4.78 is 0. The zero-order chi connectivity index (χ0) is 21.5. The number of nitrogens with two attached hydrogens (primary N) is 1. The van der Waals surface area contributed by atoms with Crippen LogP contribution in [0, 0.1) is 0 Å². The summed E-state index contributed by atoms with van der Waals surface area (Å²) in [5.41, 5.74) is 9.33. The van der Waals surface area contributed by atoms with Crippen LogP contribution < -0.4 is 15.5 Å². The Balaban J connectivity index is 1.43. The number of benzene rings is 2. The minimum atomic E-state index is -0.405. The van der Waals surface area contributed by atoms with Gasteiger partial charge >= 0.3 is 0 Å². The molecular weight excluding hydrogens is 386 g/mol. The molecule has 1 aliphatic rings. The van der Waals surface area contributed by atoms with Crippen molar-refractivity contribution in [1.29, 1.82) is 0 Å². The van der Waals surface area contributed by atoms with Gasteiger partial charge in [-0.3, -0.25) is 14.7 Å². The molecule has 160 valence electrons. The third kappa shape index (κ3) is 5.41. The number of piperazine rings is 1. The fraction of sp³-hybridized carbons (Fsp3) is 0.280. The van der Waals surface area contributed by atoms with Crippen LogP contribution in [0.4, 0.5) is 11.4 Å². The van der Waals surface area contributed by atoms with E-state index in [2.05, 4.69) is 50.0 Å². The van der Waals surface area contributed by atoms with Gasteiger partial charge in [0, 0.05) is 56.8 Å². The Bertz CT molecular complexity index is 971. The van der Waals surface area contributed by atoms with Crippen LogP contribution in [0.2, 0.25) is 0 Å². The van der Waals surface area contributed by atoms with Crippen LogP contribution in [0.3, 0.4) is 0 Å². The zero-order valence-electron chi connectivity index (χ0n) is 17.7. The number of rotatable bonds is 8. The predicted octanol–water partition coefficient (Wildman–Crippen LogP) is 3.01. The summed E-state index contributed by atoms with van der Waals surface area (Å²) in [7, 11) is 0. The molecule has 0 radical (unpaired) electrons. The molecule has 1 fully saturated rings. The molecule has 0 saturated carbocycles. The Labute approximate surface area is 183 Å². The van der Waals surface area contributed by atoms with Gasteiger partial charge in [0.2, 0.25) is 0 Å². The molecule has 3 aromatic rings. The van der Waals surface area contributed by atoms with Crippen molar-refractivity contribution in [2.75, 3.05) is 49.1 Å². The molecule has 6 nitrogen and oxygen atoms in total. The van der Waals surface area contributed by atoms with E-state index in [0.29, 0.717) is 12.1 Å². The molecular formula is C25H29N5O. The second kappa shape index (κ2) is 10.1. The average Bonchev–Trinajstić information content (AvgIpc) is 2.83. The second-order valence-electron chi connectivity index (χ2n) is 7.79. The van der Waals surface area contributed by atoms with Crippen molar-refractivity contribution in [3.63, 3.8) is 0 Å². The lowest BCUT2D eigenvalue weighted by Gasteiger charge is -2.37. The first-order valence-electron chi connectivity index (χ1n) is 10.8. The van der Waals surface area contributed by atoms with Crippen molar-refractivity contribution in [3.8, 4) is 0 Å². The van der Waals surface area contributed by atoms with E-state index >= 15 is 0 Å². The van der Waals surface area contributed by atoms with Crippen molar-refractivity contribution in [2.24, 2.45) is 5.73 Å². The number of anilines is 2. The number of pyridine rings is 1. The van der Waals surface area contributed by atoms with E-state index in [1.165, 1.54) is 5.69 Å². The van der Waals surface area contributed by atoms with E-state index in [4.69, 9.17) is 5.73 Å². The molecule has 0 unspecified atom stereocenters. The molecule has 0 spiro atoms. The topological polar surface area (TPSA) is 65.7 Å². The molecule has 0 aliphatic carbocycles. The Morgan fingerprint density at radius 3 is 2.32 bits per heavy atom. The number of hydrogen-bond donors (Lipinski definition) is 1. The van der Waals surface area contributed by atoms with Gasteiger partial charge in [0.1, 0.15) is 0 Å². The quantitative estimate of drug-likeness (QED) is 0.613. The highest BCUT2D eigenvalue weighted by atomic mass is 16.1. The summed E-state index contributed by atoms with van der Waals surface area (Å²) in [5.74, 6) is -0.405. The molecule has 1 amide bonds. The maximum absolute atomic E-state index is 12.0. The van der Waals surface area contributed by atoms with Crippen molar-refractivity contribution in [2.45, 2.75) is 6.54 Å². The lowest BCUT2D eigenvalue weighted by Crippen LogP contribution is -2.48. The Hall–Kier alpha value is -3.38. The fourth-order valence-electron chi connectivity index (χ4n) is 4.06. The molecule has 4 rings (SSSR count). The van der Waals surface area contributed by atoms with Gasteiger partial charge in [-0.05, 0) is 36.4 Å². The number of amides is 1. The van der Waals surface area contributed by atoms with Gasteiger partial charge in [-0.15, -0.1) is 0 Å². The van der Waals surface area contributed by atoms with E-state index < -0.39 is 5.91 Å². The summed E-state index contributed by atoms with van der Waals surface area (Å²) in [6, 6.07) is 24.1. The van der Waals surface area contributed by atoms with E-state index in [0.717, 1.165) is 50.6 Å². The Morgan fingerprint density at radius 1 is 0.903 bits per heavy atom. The van der Waals surface area contributed by atoms with Crippen LogP contribution in [0.1, 0.15) is 16.1 Å². The standard InChI is InChI=1S/C25H29N5O/c26-25(31)23-11-4-5-12-24(23)30(20-21-8-6-7-13-27-21)19-16-28-14-17-29(18-15-28)22-9-2-1-3-10-22/h1-13H,14-20H2,(H2,26,31). The van der Waals surface area contributed by atoms with Crippen LogP contribution >= 0.6 is 0 Å². The number of para-hydroxylation sites is 2. The van der Waals surface area contributed by atoms with Gasteiger partial charge in [-0.25, -0.2) is 0 Å². The van der Waals surface area contributed by atoms with E-state index in [-0.39, 0.29) is 0 Å². The number of aromatic nitrogens is 1. The van der Waals surface area contributed by atoms with Crippen molar-refractivity contribution in [1.82, 2.24) is 9.88 Å². The van der Waals surface area contributed by atoms with Crippen LogP contribution in [-0.4, -0.2) is 55.1 Å². The SMILES string of the molecule is NC(=O)c1ccccc1N(CCN1CCN(c2ccccc2)CC1)Cc1ccccn1. The van der Waals surface area contributed by atoms with Gasteiger partial charge in [0.25, 0.3) is 5.91 Å². The molecule has 2 heterocycles. The minimum absolute atomic E-state index is 0.405. The second-order valence-corrected chi connectivity index (χ2v) is 7.79. The number of carbonyl (C=O) groups excluding carboxylic acids is 1. The molecule has 1 saturated heterocycles. The normalized spacial score (nSPS) is 14.4. The summed E-state index contributed by atoms with van der Waals surface area (Å²) in [6.07, 6.45) is 1.80. The first-order chi connectivity index (χ1) is 15.2. The van der Waals surface area contributed by atoms with Crippen molar-refractivity contribution < 1.29 is 4.79 Å². The molecule has 6 heteroatoms. The van der Waals surface area contributed by atoms with Gasteiger partial charge in [-0.1, -0.05) is 36.4 Å². The van der Waals surface area contributed by atoms with Crippen LogP contribution in [-0.2, 0) is 6.54 Å². The predicted molar refractivity (Wildman–Crippen MR) is 125 cm³/mol. The maximum Gasteiger partial charge on any atom is 0.250 e. The average molecular weight is 416 g/mol. The van der Waals surface area contributed by atoms with Gasteiger partial charge < -0.3 is 15.5 Å². The monoisotopic (exact) mass is 415 g/mol. The molecule has 1 aliphatic heterocycles. The highest BCUT2D eigenvalue weighted by Gasteiger charge is 2.20. The smallest absolute Gasteiger partial charge is 0.250 e. The minimum Gasteiger partial charge on any atom is -0.369 e. The molecule has 2 N–H and O–H groups in total. The number of primary amides is 1. The van der Waals surface area contributed by atoms with E-state index in [1.807, 2.05) is 36.4 Å². The van der Waals surface area contributed by atoms with E-state index in [1.54, 1.807) is 12.3 Å². The molecule has 1 aromatic heterocycles. The van der Waals surface area contributed by atoms with Crippen LogP contribution in [0.25, 0.3) is 0 Å². The van der Waals surface area contributed by atoms with Gasteiger partial charge in [0.05, 0.1) is 17.8 Å². The first-order valence-corrected chi connectivity index (χ1v) is 10.8. The van der Waals surface area contributed by atoms with Crippen molar-refractivity contribution in [3.05, 3.63) is 90.3 Å². The lowest BCUT2D eigenvalue weighted by atomic mass is 10.1. The van der Waals surface area contributed by atoms with Crippen LogP contribution in [0.15, 0.2) is 79.0 Å². The Kier molecular flexibility index (Phi) is 6.79. The third-order valence-corrected chi connectivity index (χ3v) is 5.77. The summed E-state index contributed by atoms with van der Waals surface area (Å²) in [5, 5.41) is 0. The van der Waals surface area contributed by atoms with Crippen LogP contribution in [0.5, 0.6) is 0 Å². The highest BCUT2D eigenvalue weighted by molar-refractivity contribution is 5.98. The highest BCUT2D eigenvalue weighted by Crippen LogP contribution is 2.22. The summed E-state index contributed by atoms with van der Waals surface area (Å²) >= 11 is 0. The first kappa shape index (κ1) is 20.9. The molecule has 0 bridgehead atoms. The maximum atomic E-state index is 12.0. The Morgan fingerprint density at radius 2 is 1.61 bits per heavy atom. The number of nitrogens with zero attached hydrogens (tertiary/aromatic N) is 4. The fourth-order valence-corrected chi connectivity index (χ4v) is 4.06. The summed E-state index contributed by atoms with van der Waals surface area (Å²) in [6.45, 7) is 6.42.